The average molecular weight is 232 g/mol. The van der Waals surface area contributed by atoms with Gasteiger partial charge in [0.25, 0.3) is 0 Å². The topological polar surface area (TPSA) is 38.8 Å². The fourth-order valence-electron chi connectivity index (χ4n) is 2.43. The van der Waals surface area contributed by atoms with E-state index in [2.05, 4.69) is 0 Å². The first-order valence-electron chi connectivity index (χ1n) is 6.25. The van der Waals surface area contributed by atoms with Crippen LogP contribution in [0, 0.1) is 0 Å². The normalized spacial score (nSPS) is 28.0. The molecule has 3 heteroatoms. The molecule has 90 valence electrons. The maximum atomic E-state index is 11.8. The molecule has 0 bridgehead atoms. The molecule has 0 N–H and O–H groups in total. The molecule has 1 saturated carbocycles. The second-order valence-corrected chi connectivity index (χ2v) is 4.73. The Hall–Kier alpha value is -1.35. The van der Waals surface area contributed by atoms with Crippen LogP contribution >= 0.6 is 0 Å². The van der Waals surface area contributed by atoms with Crippen molar-refractivity contribution in [2.45, 2.75) is 44.0 Å². The lowest BCUT2D eigenvalue weighted by Gasteiger charge is -2.09. The number of epoxide rings is 1. The standard InChI is InChI=1S/C14H16O3/c15-14(16-11-8-4-5-9-11)13-12(17-13)10-6-2-1-3-7-10/h1-3,6-7,11-13H,4-5,8-9H2. The van der Waals surface area contributed by atoms with Gasteiger partial charge in [-0.15, -0.1) is 0 Å². The Labute approximate surface area is 101 Å². The summed E-state index contributed by atoms with van der Waals surface area (Å²) < 4.78 is 10.8. The van der Waals surface area contributed by atoms with Crippen LogP contribution in [-0.2, 0) is 14.3 Å². The highest BCUT2D eigenvalue weighted by atomic mass is 16.6. The smallest absolute Gasteiger partial charge is 0.338 e. The molecule has 3 rings (SSSR count). The van der Waals surface area contributed by atoms with E-state index in [0.29, 0.717) is 0 Å². The van der Waals surface area contributed by atoms with Crippen molar-refractivity contribution in [2.75, 3.05) is 0 Å². The number of esters is 1. The summed E-state index contributed by atoms with van der Waals surface area (Å²) in [6.45, 7) is 0. The minimum Gasteiger partial charge on any atom is -0.460 e. The lowest BCUT2D eigenvalue weighted by Crippen LogP contribution is -2.19. The summed E-state index contributed by atoms with van der Waals surface area (Å²) in [5.41, 5.74) is 1.06. The fourth-order valence-corrected chi connectivity index (χ4v) is 2.43. The van der Waals surface area contributed by atoms with Crippen molar-refractivity contribution in [2.24, 2.45) is 0 Å². The molecular formula is C14H16O3. The minimum atomic E-state index is -0.377. The number of ether oxygens (including phenoxy) is 2. The third-order valence-corrected chi connectivity index (χ3v) is 3.44. The molecule has 1 aromatic rings. The summed E-state index contributed by atoms with van der Waals surface area (Å²) >= 11 is 0. The highest BCUT2D eigenvalue weighted by Crippen LogP contribution is 2.39. The Morgan fingerprint density at radius 3 is 2.59 bits per heavy atom. The lowest BCUT2D eigenvalue weighted by molar-refractivity contribution is -0.150. The van der Waals surface area contributed by atoms with Crippen molar-refractivity contribution in [3.63, 3.8) is 0 Å². The summed E-state index contributed by atoms with van der Waals surface area (Å²) in [6.07, 6.45) is 4.02. The number of rotatable bonds is 3. The molecular weight excluding hydrogens is 216 g/mol. The van der Waals surface area contributed by atoms with E-state index in [1.807, 2.05) is 30.3 Å². The van der Waals surface area contributed by atoms with Gasteiger partial charge in [0.2, 0.25) is 0 Å². The van der Waals surface area contributed by atoms with Crippen molar-refractivity contribution in [3.05, 3.63) is 35.9 Å². The number of carbonyl (C=O) groups is 1. The van der Waals surface area contributed by atoms with E-state index < -0.39 is 0 Å². The van der Waals surface area contributed by atoms with Gasteiger partial charge in [-0.3, -0.25) is 0 Å². The second-order valence-electron chi connectivity index (χ2n) is 4.73. The maximum Gasteiger partial charge on any atom is 0.338 e. The third kappa shape index (κ3) is 2.34. The molecule has 1 aliphatic heterocycles. The predicted octanol–water partition coefficient (Wildman–Crippen LogP) is 2.61. The highest BCUT2D eigenvalue weighted by Gasteiger charge is 2.48. The number of hydrogen-bond donors (Lipinski definition) is 0. The Morgan fingerprint density at radius 2 is 1.88 bits per heavy atom. The van der Waals surface area contributed by atoms with Gasteiger partial charge in [0.1, 0.15) is 12.2 Å². The molecule has 2 unspecified atom stereocenters. The van der Waals surface area contributed by atoms with Gasteiger partial charge in [-0.2, -0.15) is 0 Å². The van der Waals surface area contributed by atoms with Crippen LogP contribution in [-0.4, -0.2) is 18.2 Å². The van der Waals surface area contributed by atoms with Gasteiger partial charge in [-0.05, 0) is 31.2 Å². The Kier molecular flexibility index (Phi) is 2.85. The molecule has 2 fully saturated rings. The molecule has 1 saturated heterocycles. The summed E-state index contributed by atoms with van der Waals surface area (Å²) in [7, 11) is 0. The van der Waals surface area contributed by atoms with Crippen LogP contribution in [0.4, 0.5) is 0 Å². The molecule has 1 aromatic carbocycles. The summed E-state index contributed by atoms with van der Waals surface area (Å²) in [5, 5.41) is 0. The van der Waals surface area contributed by atoms with Crippen LogP contribution < -0.4 is 0 Å². The third-order valence-electron chi connectivity index (χ3n) is 3.44. The largest absolute Gasteiger partial charge is 0.460 e. The molecule has 2 aliphatic rings. The van der Waals surface area contributed by atoms with Gasteiger partial charge in [0.15, 0.2) is 6.10 Å². The van der Waals surface area contributed by atoms with E-state index in [9.17, 15) is 4.79 Å². The highest BCUT2D eigenvalue weighted by molar-refractivity contribution is 5.78. The zero-order valence-corrected chi connectivity index (χ0v) is 9.67. The van der Waals surface area contributed by atoms with E-state index in [-0.39, 0.29) is 24.3 Å². The lowest BCUT2D eigenvalue weighted by atomic mass is 10.1. The maximum absolute atomic E-state index is 11.8. The number of benzene rings is 1. The van der Waals surface area contributed by atoms with Crippen LogP contribution in [0.5, 0.6) is 0 Å². The van der Waals surface area contributed by atoms with Crippen LogP contribution in [0.25, 0.3) is 0 Å². The molecule has 0 spiro atoms. The predicted molar refractivity (Wildman–Crippen MR) is 62.4 cm³/mol. The van der Waals surface area contributed by atoms with Crippen LogP contribution in [0.1, 0.15) is 37.4 Å². The van der Waals surface area contributed by atoms with Crippen molar-refractivity contribution < 1.29 is 14.3 Å². The SMILES string of the molecule is O=C(OC1CCCC1)C1OC1c1ccccc1. The number of carbonyl (C=O) groups excluding carboxylic acids is 1. The zero-order valence-electron chi connectivity index (χ0n) is 9.67. The summed E-state index contributed by atoms with van der Waals surface area (Å²) in [4.78, 5) is 11.8. The first-order valence-corrected chi connectivity index (χ1v) is 6.25. The Morgan fingerprint density at radius 1 is 1.18 bits per heavy atom. The van der Waals surface area contributed by atoms with Crippen molar-refractivity contribution in [1.82, 2.24) is 0 Å². The van der Waals surface area contributed by atoms with E-state index in [1.54, 1.807) is 0 Å². The van der Waals surface area contributed by atoms with Crippen LogP contribution in [0.15, 0.2) is 30.3 Å². The van der Waals surface area contributed by atoms with E-state index in [4.69, 9.17) is 9.47 Å². The fraction of sp³-hybridized carbons (Fsp3) is 0.500. The van der Waals surface area contributed by atoms with Crippen LogP contribution in [0.2, 0.25) is 0 Å². The zero-order chi connectivity index (χ0) is 11.7. The molecule has 2 atom stereocenters. The monoisotopic (exact) mass is 232 g/mol. The Bertz CT molecular complexity index is 395. The van der Waals surface area contributed by atoms with Gasteiger partial charge in [-0.1, -0.05) is 30.3 Å². The quantitative estimate of drug-likeness (QED) is 0.594. The first-order chi connectivity index (χ1) is 8.34. The average Bonchev–Trinajstić information content (AvgIpc) is 3.02. The van der Waals surface area contributed by atoms with E-state index in [0.717, 1.165) is 18.4 Å². The van der Waals surface area contributed by atoms with Gasteiger partial charge in [0.05, 0.1) is 0 Å². The van der Waals surface area contributed by atoms with Gasteiger partial charge >= 0.3 is 5.97 Å². The van der Waals surface area contributed by atoms with E-state index in [1.165, 1.54) is 12.8 Å². The van der Waals surface area contributed by atoms with Crippen molar-refractivity contribution in [1.29, 1.82) is 0 Å². The molecule has 0 aromatic heterocycles. The Balaban J connectivity index is 1.55. The van der Waals surface area contributed by atoms with Crippen molar-refractivity contribution in [3.8, 4) is 0 Å². The first kappa shape index (κ1) is 10.8. The van der Waals surface area contributed by atoms with Gasteiger partial charge in [-0.25, -0.2) is 4.79 Å². The summed E-state index contributed by atoms with van der Waals surface area (Å²) in [5.74, 6) is -0.189. The van der Waals surface area contributed by atoms with E-state index >= 15 is 0 Å². The van der Waals surface area contributed by atoms with Gasteiger partial charge in [0, 0.05) is 0 Å². The molecule has 1 heterocycles. The molecule has 3 nitrogen and oxygen atoms in total. The molecule has 1 aliphatic carbocycles. The van der Waals surface area contributed by atoms with Crippen LogP contribution in [0.3, 0.4) is 0 Å². The molecule has 0 amide bonds. The van der Waals surface area contributed by atoms with Crippen molar-refractivity contribution >= 4 is 5.97 Å². The number of hydrogen-bond acceptors (Lipinski definition) is 3. The van der Waals surface area contributed by atoms with Gasteiger partial charge < -0.3 is 9.47 Å². The minimum absolute atomic E-state index is 0.0925. The molecule has 17 heavy (non-hydrogen) atoms. The molecule has 0 radical (unpaired) electrons. The second kappa shape index (κ2) is 4.49. The summed E-state index contributed by atoms with van der Waals surface area (Å²) in [6, 6.07) is 9.82.